The molecule has 0 spiro atoms. The highest BCUT2D eigenvalue weighted by molar-refractivity contribution is 6.25. The number of benzene rings is 3. The number of anilines is 1. The van der Waals surface area contributed by atoms with Crippen molar-refractivity contribution in [2.75, 3.05) is 4.90 Å². The number of hydrogen-bond acceptors (Lipinski definition) is 4. The molecule has 7 rings (SSSR count). The average molecular weight is 408 g/mol. The van der Waals surface area contributed by atoms with E-state index < -0.39 is 17.3 Å². The number of amides is 2. The summed E-state index contributed by atoms with van der Waals surface area (Å²) in [6.07, 6.45) is 0. The SMILES string of the molecule is C[C@@]12C(=O)N(c3ccc(C(=O)[O-])cc3)C(=O)[C@H]1C1c3ccccc3C2c2ccccc21. The van der Waals surface area contributed by atoms with Gasteiger partial charge >= 0.3 is 0 Å². The number of carbonyl (C=O) groups is 3. The highest BCUT2D eigenvalue weighted by atomic mass is 16.4. The van der Waals surface area contributed by atoms with E-state index in [0.717, 1.165) is 22.3 Å². The fourth-order valence-electron chi connectivity index (χ4n) is 6.11. The van der Waals surface area contributed by atoms with Gasteiger partial charge in [0.05, 0.1) is 23.0 Å². The standard InChI is InChI=1S/C26H19NO4/c1-26-21-18-8-4-2-6-16(18)20(17-7-3-5-9-19(17)21)22(26)23(28)27(25(26)31)15-12-10-14(11-13-15)24(29)30/h2-13,20-22H,1H3,(H,29,30)/p-1/t20?,21?,22-,26+/m1/s1. The van der Waals surface area contributed by atoms with Gasteiger partial charge in [-0.25, -0.2) is 4.90 Å². The van der Waals surface area contributed by atoms with Gasteiger partial charge in [-0.2, -0.15) is 0 Å². The summed E-state index contributed by atoms with van der Waals surface area (Å²) in [5.74, 6) is -2.66. The Hall–Kier alpha value is -3.73. The molecule has 2 atom stereocenters. The van der Waals surface area contributed by atoms with E-state index in [1.807, 2.05) is 31.2 Å². The summed E-state index contributed by atoms with van der Waals surface area (Å²) in [6.45, 7) is 1.91. The Morgan fingerprint density at radius 2 is 1.35 bits per heavy atom. The van der Waals surface area contributed by atoms with Gasteiger partial charge in [0, 0.05) is 11.8 Å². The van der Waals surface area contributed by atoms with Crippen molar-refractivity contribution in [2.45, 2.75) is 18.8 Å². The summed E-state index contributed by atoms with van der Waals surface area (Å²) in [4.78, 5) is 40.0. The summed E-state index contributed by atoms with van der Waals surface area (Å²) >= 11 is 0. The number of carbonyl (C=O) groups excluding carboxylic acids is 3. The van der Waals surface area contributed by atoms with Gasteiger partial charge in [-0.3, -0.25) is 9.59 Å². The first-order chi connectivity index (χ1) is 14.9. The summed E-state index contributed by atoms with van der Waals surface area (Å²) in [7, 11) is 0. The molecule has 3 aromatic carbocycles. The van der Waals surface area contributed by atoms with Crippen molar-refractivity contribution in [1.29, 1.82) is 0 Å². The van der Waals surface area contributed by atoms with Crippen molar-refractivity contribution in [3.63, 3.8) is 0 Å². The first-order valence-electron chi connectivity index (χ1n) is 10.3. The zero-order valence-corrected chi connectivity index (χ0v) is 16.7. The van der Waals surface area contributed by atoms with Crippen LogP contribution in [-0.2, 0) is 9.59 Å². The van der Waals surface area contributed by atoms with E-state index in [2.05, 4.69) is 24.3 Å². The summed E-state index contributed by atoms with van der Waals surface area (Å²) in [5, 5.41) is 11.1. The molecule has 1 fully saturated rings. The fourth-order valence-corrected chi connectivity index (χ4v) is 6.11. The Labute approximate surface area is 178 Å². The molecule has 2 amide bonds. The molecule has 0 aromatic heterocycles. The van der Waals surface area contributed by atoms with Crippen LogP contribution in [0.25, 0.3) is 0 Å². The summed E-state index contributed by atoms with van der Waals surface area (Å²) in [6, 6.07) is 22.0. The van der Waals surface area contributed by atoms with Gasteiger partial charge in [0.25, 0.3) is 0 Å². The number of nitrogens with zero attached hydrogens (tertiary/aromatic N) is 1. The minimum Gasteiger partial charge on any atom is -0.545 e. The molecule has 1 heterocycles. The molecule has 4 aliphatic rings. The molecule has 3 aliphatic carbocycles. The lowest BCUT2D eigenvalue weighted by Gasteiger charge is -2.51. The van der Waals surface area contributed by atoms with E-state index in [0.29, 0.717) is 5.69 Å². The van der Waals surface area contributed by atoms with E-state index in [1.165, 1.54) is 29.2 Å². The van der Waals surface area contributed by atoms with Crippen LogP contribution in [0.5, 0.6) is 0 Å². The third kappa shape index (κ3) is 2.08. The number of rotatable bonds is 2. The highest BCUT2D eigenvalue weighted by Gasteiger charge is 2.68. The van der Waals surface area contributed by atoms with Gasteiger partial charge in [0.2, 0.25) is 11.8 Å². The van der Waals surface area contributed by atoms with Gasteiger partial charge in [0.15, 0.2) is 0 Å². The molecule has 0 unspecified atom stereocenters. The third-order valence-electron chi connectivity index (χ3n) is 7.37. The van der Waals surface area contributed by atoms with E-state index in [-0.39, 0.29) is 29.2 Å². The van der Waals surface area contributed by atoms with Crippen LogP contribution in [-0.4, -0.2) is 17.8 Å². The molecule has 5 heteroatoms. The predicted octanol–water partition coefficient (Wildman–Crippen LogP) is 2.84. The lowest BCUT2D eigenvalue weighted by atomic mass is 9.48. The molecule has 0 saturated carbocycles. The molecule has 1 saturated heterocycles. The quantitative estimate of drug-likeness (QED) is 0.611. The van der Waals surface area contributed by atoms with Crippen molar-refractivity contribution in [3.05, 3.63) is 101 Å². The van der Waals surface area contributed by atoms with Crippen molar-refractivity contribution < 1.29 is 19.5 Å². The van der Waals surface area contributed by atoms with Crippen LogP contribution in [0.4, 0.5) is 5.69 Å². The maximum Gasteiger partial charge on any atom is 0.241 e. The van der Waals surface area contributed by atoms with Crippen molar-refractivity contribution in [1.82, 2.24) is 0 Å². The van der Waals surface area contributed by atoms with Crippen LogP contribution < -0.4 is 10.0 Å². The van der Waals surface area contributed by atoms with E-state index in [4.69, 9.17) is 0 Å². The molecule has 1 aliphatic heterocycles. The summed E-state index contributed by atoms with van der Waals surface area (Å²) in [5.41, 5.74) is 3.94. The largest absolute Gasteiger partial charge is 0.545 e. The second-order valence-corrected chi connectivity index (χ2v) is 8.74. The Bertz CT molecular complexity index is 1250. The van der Waals surface area contributed by atoms with Crippen LogP contribution in [0.3, 0.4) is 0 Å². The zero-order chi connectivity index (χ0) is 21.5. The molecule has 2 bridgehead atoms. The smallest absolute Gasteiger partial charge is 0.241 e. The molecule has 5 nitrogen and oxygen atoms in total. The van der Waals surface area contributed by atoms with Crippen molar-refractivity contribution in [2.24, 2.45) is 11.3 Å². The second kappa shape index (κ2) is 5.91. The number of carboxylic acids is 1. The Morgan fingerprint density at radius 1 is 0.839 bits per heavy atom. The molecule has 31 heavy (non-hydrogen) atoms. The zero-order valence-electron chi connectivity index (χ0n) is 16.7. The van der Waals surface area contributed by atoms with E-state index in [9.17, 15) is 19.5 Å². The monoisotopic (exact) mass is 408 g/mol. The molecule has 0 N–H and O–H groups in total. The van der Waals surface area contributed by atoms with Gasteiger partial charge in [-0.1, -0.05) is 60.7 Å². The maximum atomic E-state index is 13.9. The van der Waals surface area contributed by atoms with Gasteiger partial charge in [0.1, 0.15) is 0 Å². The van der Waals surface area contributed by atoms with Crippen LogP contribution in [0.15, 0.2) is 72.8 Å². The Kier molecular flexibility index (Phi) is 3.45. The van der Waals surface area contributed by atoms with Crippen LogP contribution in [0.2, 0.25) is 0 Å². The van der Waals surface area contributed by atoms with Crippen LogP contribution >= 0.6 is 0 Å². The Morgan fingerprint density at radius 3 is 1.87 bits per heavy atom. The summed E-state index contributed by atoms with van der Waals surface area (Å²) < 4.78 is 0. The topological polar surface area (TPSA) is 77.5 Å². The molecule has 152 valence electrons. The van der Waals surface area contributed by atoms with Crippen molar-refractivity contribution in [3.8, 4) is 0 Å². The third-order valence-corrected chi connectivity index (χ3v) is 7.37. The first-order valence-corrected chi connectivity index (χ1v) is 10.3. The maximum absolute atomic E-state index is 13.9. The van der Waals surface area contributed by atoms with E-state index >= 15 is 0 Å². The number of aromatic carboxylic acids is 1. The van der Waals surface area contributed by atoms with E-state index in [1.54, 1.807) is 0 Å². The molecular weight excluding hydrogens is 390 g/mol. The first kappa shape index (κ1) is 18.1. The lowest BCUT2D eigenvalue weighted by Crippen LogP contribution is -2.49. The Balaban J connectivity index is 1.56. The molecular formula is C26H18NO4-. The number of carboxylic acid groups (broad SMARTS) is 1. The highest BCUT2D eigenvalue weighted by Crippen LogP contribution is 2.67. The van der Waals surface area contributed by atoms with Gasteiger partial charge in [-0.15, -0.1) is 0 Å². The predicted molar refractivity (Wildman–Crippen MR) is 111 cm³/mol. The van der Waals surface area contributed by atoms with Crippen LogP contribution in [0.1, 0.15) is 51.4 Å². The minimum absolute atomic E-state index is 0.00588. The molecule has 3 aromatic rings. The normalized spacial score (nSPS) is 27.6. The van der Waals surface area contributed by atoms with Gasteiger partial charge in [-0.05, 0) is 46.9 Å². The second-order valence-electron chi connectivity index (χ2n) is 8.74. The van der Waals surface area contributed by atoms with Gasteiger partial charge < -0.3 is 9.90 Å². The number of imide groups is 1. The average Bonchev–Trinajstić information content (AvgIpc) is 2.99. The lowest BCUT2D eigenvalue weighted by molar-refractivity contribution is -0.255. The van der Waals surface area contributed by atoms with Crippen molar-refractivity contribution >= 4 is 23.5 Å². The number of hydrogen-bond donors (Lipinski definition) is 0. The fraction of sp³-hybridized carbons (Fsp3) is 0.192. The minimum atomic E-state index is -1.30. The molecule has 0 radical (unpaired) electrons. The van der Waals surface area contributed by atoms with Crippen LogP contribution in [0, 0.1) is 11.3 Å².